The van der Waals surface area contributed by atoms with Crippen molar-refractivity contribution < 1.29 is 18.3 Å². The molecule has 0 saturated heterocycles. The molecule has 0 radical (unpaired) electrons. The first-order valence-electron chi connectivity index (χ1n) is 8.89. The maximum atomic E-state index is 12.1. The van der Waals surface area contributed by atoms with Gasteiger partial charge in [-0.25, -0.2) is 13.9 Å². The summed E-state index contributed by atoms with van der Waals surface area (Å²) < 4.78 is 24.3. The van der Waals surface area contributed by atoms with Gasteiger partial charge in [0.1, 0.15) is 5.69 Å². The molecule has 4 aromatic rings. The van der Waals surface area contributed by atoms with E-state index in [9.17, 15) is 8.42 Å². The average Bonchev–Trinajstić information content (AvgIpc) is 3.21. The van der Waals surface area contributed by atoms with Crippen LogP contribution in [0.2, 0.25) is 0 Å². The summed E-state index contributed by atoms with van der Waals surface area (Å²) in [6, 6.07) is 10.7. The molecule has 1 aliphatic rings. The third-order valence-corrected chi connectivity index (χ3v) is 5.76. The lowest BCUT2D eigenvalue weighted by molar-refractivity contribution is -0.160. The van der Waals surface area contributed by atoms with Crippen LogP contribution in [-0.2, 0) is 14.8 Å². The van der Waals surface area contributed by atoms with Gasteiger partial charge in [0.15, 0.2) is 15.6 Å². The molecule has 2 aromatic carbocycles. The van der Waals surface area contributed by atoms with Gasteiger partial charge < -0.3 is 10.2 Å². The van der Waals surface area contributed by atoms with Crippen LogP contribution in [0.4, 0.5) is 17.1 Å². The van der Waals surface area contributed by atoms with Crippen molar-refractivity contribution >= 4 is 37.9 Å². The minimum absolute atomic E-state index is 0.161. The van der Waals surface area contributed by atoms with Crippen LogP contribution in [0.15, 0.2) is 66.1 Å². The highest BCUT2D eigenvalue weighted by molar-refractivity contribution is 7.90. The Morgan fingerprint density at radius 3 is 2.77 bits per heavy atom. The molecule has 0 spiro atoms. The van der Waals surface area contributed by atoms with Gasteiger partial charge in [0.2, 0.25) is 0 Å². The predicted octanol–water partition coefficient (Wildman–Crippen LogP) is 3.49. The Kier molecular flexibility index (Phi) is 4.23. The minimum Gasteiger partial charge on any atom is -0.353 e. The number of rotatable bonds is 4. The molecule has 1 aliphatic heterocycles. The summed E-state index contributed by atoms with van der Waals surface area (Å²) in [6.07, 6.45) is 7.31. The highest BCUT2D eigenvalue weighted by atomic mass is 32.2. The van der Waals surface area contributed by atoms with Gasteiger partial charge in [-0.2, -0.15) is 0 Å². The fraction of sp³-hybridized carbons (Fsp3) is 0.0500. The number of hydrogen-bond acceptors (Lipinski definition) is 9. The highest BCUT2D eigenvalue weighted by Gasteiger charge is 2.18. The van der Waals surface area contributed by atoms with Crippen LogP contribution in [0.3, 0.4) is 0 Å². The van der Waals surface area contributed by atoms with Gasteiger partial charge in [-0.3, -0.25) is 15.0 Å². The van der Waals surface area contributed by atoms with Crippen LogP contribution in [0.5, 0.6) is 5.75 Å². The Morgan fingerprint density at radius 2 is 1.90 bits per heavy atom. The number of hydrogen-bond donors (Lipinski definition) is 2. The first kappa shape index (κ1) is 18.3. The summed E-state index contributed by atoms with van der Waals surface area (Å²) in [7, 11) is -3.43. The molecule has 2 N–H and O–H groups in total. The third-order valence-electron chi connectivity index (χ3n) is 4.61. The largest absolute Gasteiger partial charge is 0.353 e. The van der Waals surface area contributed by atoms with E-state index >= 15 is 0 Å². The number of aromatic nitrogens is 3. The molecule has 10 heteroatoms. The Hall–Kier alpha value is -3.76. The molecule has 150 valence electrons. The fourth-order valence-electron chi connectivity index (χ4n) is 3.28. The number of fused-ring (bicyclic) bond motifs is 2. The number of benzene rings is 2. The zero-order chi connectivity index (χ0) is 20.7. The average molecular weight is 421 g/mol. The number of anilines is 3. The van der Waals surface area contributed by atoms with Gasteiger partial charge in [0.05, 0.1) is 27.8 Å². The topological polar surface area (TPSA) is 115 Å². The monoisotopic (exact) mass is 421 g/mol. The lowest BCUT2D eigenvalue weighted by atomic mass is 10.0. The van der Waals surface area contributed by atoms with Gasteiger partial charge >= 0.3 is 0 Å². The molecule has 9 nitrogen and oxygen atoms in total. The molecule has 0 fully saturated rings. The maximum Gasteiger partial charge on any atom is 0.193 e. The first-order valence-corrected chi connectivity index (χ1v) is 10.8. The quantitative estimate of drug-likeness (QED) is 0.478. The van der Waals surface area contributed by atoms with E-state index in [2.05, 4.69) is 25.7 Å². The SMILES string of the molecule is CS(=O)(=O)c1ccncc1Nc1cc(-c2ccc3c(c2)NOO3)c2nccnc2c1. The van der Waals surface area contributed by atoms with Crippen LogP contribution in [0.1, 0.15) is 0 Å². The number of pyridine rings is 1. The molecule has 5 rings (SSSR count). The zero-order valence-corrected chi connectivity index (χ0v) is 16.5. The molecule has 0 unspecified atom stereocenters. The van der Waals surface area contributed by atoms with Gasteiger partial charge in [-0.1, -0.05) is 11.1 Å². The summed E-state index contributed by atoms with van der Waals surface area (Å²) in [4.78, 5) is 22.9. The van der Waals surface area contributed by atoms with Crippen molar-refractivity contribution in [3.05, 3.63) is 61.2 Å². The maximum absolute atomic E-state index is 12.1. The number of sulfone groups is 1. The van der Waals surface area contributed by atoms with Crippen molar-refractivity contribution in [2.45, 2.75) is 4.90 Å². The Labute approximate surface area is 171 Å². The van der Waals surface area contributed by atoms with Crippen molar-refractivity contribution in [3.8, 4) is 16.9 Å². The van der Waals surface area contributed by atoms with Crippen LogP contribution >= 0.6 is 0 Å². The molecule has 30 heavy (non-hydrogen) atoms. The summed E-state index contributed by atoms with van der Waals surface area (Å²) in [5, 5.41) is 3.16. The summed E-state index contributed by atoms with van der Waals surface area (Å²) in [6.45, 7) is 0. The Balaban J connectivity index is 1.65. The van der Waals surface area contributed by atoms with Gasteiger partial charge in [-0.15, -0.1) is 0 Å². The molecule has 0 amide bonds. The van der Waals surface area contributed by atoms with Crippen LogP contribution in [0, 0.1) is 0 Å². The minimum atomic E-state index is -3.43. The smallest absolute Gasteiger partial charge is 0.193 e. The van der Waals surface area contributed by atoms with E-state index in [0.717, 1.165) is 17.4 Å². The first-order chi connectivity index (χ1) is 14.5. The fourth-order valence-corrected chi connectivity index (χ4v) is 4.09. The van der Waals surface area contributed by atoms with Gasteiger partial charge in [-0.05, 0) is 35.9 Å². The van der Waals surface area contributed by atoms with Crippen LogP contribution in [-0.4, -0.2) is 29.6 Å². The van der Waals surface area contributed by atoms with Crippen molar-refractivity contribution in [3.63, 3.8) is 0 Å². The summed E-state index contributed by atoms with van der Waals surface area (Å²) in [5.74, 6) is 0.580. The van der Waals surface area contributed by atoms with Gasteiger partial charge in [0.25, 0.3) is 0 Å². The molecule has 2 aromatic heterocycles. The standard InChI is InChI=1S/C20H15N5O4S/c1-30(26,27)19-4-5-21-11-17(19)24-13-9-14(20-16(10-13)22-6-7-23-20)12-2-3-18-15(8-12)25-29-28-18/h2-11,24-25H,1H3. The Morgan fingerprint density at radius 1 is 1.03 bits per heavy atom. The van der Waals surface area contributed by atoms with Crippen molar-refractivity contribution in [2.24, 2.45) is 0 Å². The van der Waals surface area contributed by atoms with Crippen molar-refractivity contribution in [1.29, 1.82) is 0 Å². The van der Waals surface area contributed by atoms with Gasteiger partial charge in [0, 0.05) is 36.1 Å². The zero-order valence-electron chi connectivity index (χ0n) is 15.7. The summed E-state index contributed by atoms with van der Waals surface area (Å²) >= 11 is 0. The number of nitrogens with zero attached hydrogens (tertiary/aromatic N) is 3. The Bertz CT molecular complexity index is 1390. The number of nitrogens with one attached hydrogen (secondary N) is 2. The lowest BCUT2D eigenvalue weighted by Crippen LogP contribution is -2.03. The van der Waals surface area contributed by atoms with E-state index < -0.39 is 9.84 Å². The highest BCUT2D eigenvalue weighted by Crippen LogP contribution is 2.37. The second-order valence-electron chi connectivity index (χ2n) is 6.70. The second kappa shape index (κ2) is 6.94. The molecule has 0 aliphatic carbocycles. The van der Waals surface area contributed by atoms with E-state index in [0.29, 0.717) is 33.8 Å². The second-order valence-corrected chi connectivity index (χ2v) is 8.68. The molecule has 0 bridgehead atoms. The predicted molar refractivity (Wildman–Crippen MR) is 111 cm³/mol. The van der Waals surface area contributed by atoms with E-state index in [1.807, 2.05) is 24.3 Å². The van der Waals surface area contributed by atoms with E-state index in [4.69, 9.17) is 9.88 Å². The van der Waals surface area contributed by atoms with E-state index in [-0.39, 0.29) is 4.90 Å². The lowest BCUT2D eigenvalue weighted by Gasteiger charge is -2.13. The molecular formula is C20H15N5O4S. The van der Waals surface area contributed by atoms with Crippen LogP contribution in [0.25, 0.3) is 22.2 Å². The normalized spacial score (nSPS) is 12.8. The van der Waals surface area contributed by atoms with E-state index in [1.54, 1.807) is 18.5 Å². The molecule has 0 atom stereocenters. The molecule has 3 heterocycles. The molecular weight excluding hydrogens is 406 g/mol. The van der Waals surface area contributed by atoms with Crippen LogP contribution < -0.4 is 15.7 Å². The summed E-state index contributed by atoms with van der Waals surface area (Å²) in [5.41, 5.74) is 7.44. The van der Waals surface area contributed by atoms with Crippen molar-refractivity contribution in [1.82, 2.24) is 15.0 Å². The third kappa shape index (κ3) is 3.27. The molecule has 0 saturated carbocycles. The van der Waals surface area contributed by atoms with Crippen molar-refractivity contribution in [2.75, 3.05) is 17.1 Å². The van der Waals surface area contributed by atoms with E-state index in [1.165, 1.54) is 18.5 Å².